The fourth-order valence-corrected chi connectivity index (χ4v) is 3.65. The van der Waals surface area contributed by atoms with E-state index in [4.69, 9.17) is 14.2 Å². The van der Waals surface area contributed by atoms with Crippen LogP contribution in [0.4, 0.5) is 10.6 Å². The smallest absolute Gasteiger partial charge is 0.407 e. The molecule has 2 heterocycles. The maximum atomic E-state index is 12.3. The Balaban J connectivity index is 1.66. The van der Waals surface area contributed by atoms with E-state index in [1.807, 2.05) is 0 Å². The largest absolute Gasteiger partial charge is 0.493 e. The van der Waals surface area contributed by atoms with Crippen LogP contribution in [0, 0.1) is 5.92 Å². The van der Waals surface area contributed by atoms with Crippen LogP contribution < -0.4 is 25.2 Å². The number of rotatable bonds is 8. The number of carbonyl (C=O) groups is 1. The van der Waals surface area contributed by atoms with Gasteiger partial charge >= 0.3 is 6.09 Å². The minimum atomic E-state index is -0.347. The number of nitrogens with one attached hydrogen (secondary N) is 2. The molecular formula is C21H30N4O5. The number of anilines is 1. The molecule has 9 nitrogen and oxygen atoms in total. The highest BCUT2D eigenvalue weighted by atomic mass is 16.5. The van der Waals surface area contributed by atoms with Crippen molar-refractivity contribution in [3.8, 4) is 11.5 Å². The molecule has 2 N–H and O–H groups in total. The van der Waals surface area contributed by atoms with Gasteiger partial charge in [-0.1, -0.05) is 13.3 Å². The second-order valence-electron chi connectivity index (χ2n) is 7.43. The van der Waals surface area contributed by atoms with Crippen LogP contribution in [0.25, 0.3) is 10.8 Å². The van der Waals surface area contributed by atoms with E-state index in [0.29, 0.717) is 36.0 Å². The van der Waals surface area contributed by atoms with Gasteiger partial charge in [0.05, 0.1) is 26.2 Å². The van der Waals surface area contributed by atoms with Crippen molar-refractivity contribution in [1.82, 2.24) is 15.5 Å². The highest BCUT2D eigenvalue weighted by molar-refractivity contribution is 5.94. The Labute approximate surface area is 175 Å². The summed E-state index contributed by atoms with van der Waals surface area (Å²) >= 11 is 0. The number of H-pyrrole nitrogens is 1. The number of fused-ring (bicyclic) bond motifs is 1. The van der Waals surface area contributed by atoms with E-state index >= 15 is 0 Å². The highest BCUT2D eigenvalue weighted by Gasteiger charge is 2.23. The van der Waals surface area contributed by atoms with Crippen LogP contribution in [0.3, 0.4) is 0 Å². The molecule has 0 bridgehead atoms. The predicted molar refractivity (Wildman–Crippen MR) is 115 cm³/mol. The quantitative estimate of drug-likeness (QED) is 0.635. The minimum Gasteiger partial charge on any atom is -0.493 e. The number of benzene rings is 1. The number of nitrogens with zero attached hydrogens (tertiary/aromatic N) is 2. The van der Waals surface area contributed by atoms with Crippen molar-refractivity contribution in [1.29, 1.82) is 0 Å². The number of alkyl carbamates (subject to hydrolysis) is 1. The average Bonchev–Trinajstić information content (AvgIpc) is 2.78. The number of aromatic amines is 1. The molecule has 0 radical (unpaired) electrons. The summed E-state index contributed by atoms with van der Waals surface area (Å²) in [5.74, 6) is 2.15. The number of unbranched alkanes of at least 4 members (excludes halogenated alkanes) is 1. The van der Waals surface area contributed by atoms with Gasteiger partial charge in [-0.05, 0) is 37.3 Å². The first-order valence-electron chi connectivity index (χ1n) is 10.4. The van der Waals surface area contributed by atoms with Crippen LogP contribution in [0.5, 0.6) is 11.5 Å². The van der Waals surface area contributed by atoms with E-state index in [1.165, 1.54) is 0 Å². The Morgan fingerprint density at radius 3 is 2.50 bits per heavy atom. The Bertz CT molecular complexity index is 921. The van der Waals surface area contributed by atoms with E-state index in [0.717, 1.165) is 50.0 Å². The molecule has 1 fully saturated rings. The summed E-state index contributed by atoms with van der Waals surface area (Å²) in [6.45, 7) is 4.67. The third-order valence-corrected chi connectivity index (χ3v) is 5.45. The zero-order valence-corrected chi connectivity index (χ0v) is 17.8. The van der Waals surface area contributed by atoms with Gasteiger partial charge in [-0.25, -0.2) is 9.89 Å². The summed E-state index contributed by atoms with van der Waals surface area (Å²) in [5, 5.41) is 11.0. The molecule has 0 unspecified atom stereocenters. The number of piperidine rings is 1. The second kappa shape index (κ2) is 10.2. The molecule has 0 saturated carbocycles. The monoisotopic (exact) mass is 418 g/mol. The van der Waals surface area contributed by atoms with Crippen LogP contribution in [-0.4, -0.2) is 56.8 Å². The van der Waals surface area contributed by atoms with Gasteiger partial charge in [0, 0.05) is 25.0 Å². The summed E-state index contributed by atoms with van der Waals surface area (Å²) in [4.78, 5) is 26.2. The van der Waals surface area contributed by atoms with Crippen LogP contribution in [0.2, 0.25) is 0 Å². The number of aromatic nitrogens is 2. The van der Waals surface area contributed by atoms with E-state index in [1.54, 1.807) is 26.4 Å². The topological polar surface area (TPSA) is 106 Å². The average molecular weight is 418 g/mol. The molecule has 1 saturated heterocycles. The van der Waals surface area contributed by atoms with E-state index < -0.39 is 0 Å². The first-order valence-corrected chi connectivity index (χ1v) is 10.4. The fourth-order valence-electron chi connectivity index (χ4n) is 3.65. The molecule has 1 aliphatic rings. The molecule has 2 aromatic rings. The van der Waals surface area contributed by atoms with Gasteiger partial charge < -0.3 is 24.4 Å². The second-order valence-corrected chi connectivity index (χ2v) is 7.43. The third kappa shape index (κ3) is 4.95. The Morgan fingerprint density at radius 1 is 1.20 bits per heavy atom. The summed E-state index contributed by atoms with van der Waals surface area (Å²) in [5.41, 5.74) is -0.268. The SMILES string of the molecule is CCCCOC(=O)NCC1CCN(c2n[nH]c(=O)c3cc(OC)c(OC)cc23)CC1. The van der Waals surface area contributed by atoms with Crippen molar-refractivity contribution in [3.63, 3.8) is 0 Å². The van der Waals surface area contributed by atoms with Gasteiger partial charge in [-0.15, -0.1) is 0 Å². The summed E-state index contributed by atoms with van der Waals surface area (Å²) < 4.78 is 15.9. The molecule has 1 amide bonds. The van der Waals surface area contributed by atoms with Crippen molar-refractivity contribution in [2.45, 2.75) is 32.6 Å². The number of carbonyl (C=O) groups excluding carboxylic acids is 1. The molecule has 9 heteroatoms. The third-order valence-electron chi connectivity index (χ3n) is 5.45. The zero-order chi connectivity index (χ0) is 21.5. The standard InChI is InChI=1S/C21H30N4O5/c1-4-5-10-30-21(27)22-13-14-6-8-25(9-7-14)19-15-11-17(28-2)18(29-3)12-16(15)20(26)24-23-19/h11-12,14H,4-10,13H2,1-3H3,(H,22,27)(H,24,26). The first-order chi connectivity index (χ1) is 14.6. The van der Waals surface area contributed by atoms with Crippen LogP contribution >= 0.6 is 0 Å². The molecule has 0 aliphatic carbocycles. The van der Waals surface area contributed by atoms with Crippen LogP contribution in [-0.2, 0) is 4.74 Å². The van der Waals surface area contributed by atoms with Crippen LogP contribution in [0.1, 0.15) is 32.6 Å². The number of methoxy groups -OCH3 is 2. The molecule has 1 aliphatic heterocycles. The van der Waals surface area contributed by atoms with Crippen molar-refractivity contribution < 1.29 is 19.0 Å². The lowest BCUT2D eigenvalue weighted by molar-refractivity contribution is 0.142. The maximum absolute atomic E-state index is 12.3. The Morgan fingerprint density at radius 2 is 1.87 bits per heavy atom. The molecule has 30 heavy (non-hydrogen) atoms. The number of ether oxygens (including phenoxy) is 3. The maximum Gasteiger partial charge on any atom is 0.407 e. The number of amides is 1. The van der Waals surface area contributed by atoms with Crippen molar-refractivity contribution in [2.75, 3.05) is 45.4 Å². The molecule has 3 rings (SSSR count). The molecule has 1 aromatic carbocycles. The molecule has 0 atom stereocenters. The van der Waals surface area contributed by atoms with Gasteiger partial charge in [0.25, 0.3) is 5.56 Å². The van der Waals surface area contributed by atoms with Gasteiger partial charge in [-0.3, -0.25) is 4.79 Å². The van der Waals surface area contributed by atoms with Crippen molar-refractivity contribution in [2.24, 2.45) is 5.92 Å². The Hall–Kier alpha value is -2.97. The Kier molecular flexibility index (Phi) is 7.37. The van der Waals surface area contributed by atoms with Gasteiger partial charge in [0.2, 0.25) is 0 Å². The van der Waals surface area contributed by atoms with Crippen LogP contribution in [0.15, 0.2) is 16.9 Å². The summed E-state index contributed by atoms with van der Waals surface area (Å²) in [6, 6.07) is 3.48. The lowest BCUT2D eigenvalue weighted by Crippen LogP contribution is -2.39. The van der Waals surface area contributed by atoms with E-state index in [-0.39, 0.29) is 11.7 Å². The fraction of sp³-hybridized carbons (Fsp3) is 0.571. The van der Waals surface area contributed by atoms with E-state index in [9.17, 15) is 9.59 Å². The molecule has 1 aromatic heterocycles. The lowest BCUT2D eigenvalue weighted by atomic mass is 9.96. The first kappa shape index (κ1) is 21.7. The van der Waals surface area contributed by atoms with Gasteiger partial charge in [-0.2, -0.15) is 5.10 Å². The predicted octanol–water partition coefficient (Wildman–Crippen LogP) is 2.68. The molecule has 0 spiro atoms. The van der Waals surface area contributed by atoms with Gasteiger partial charge in [0.15, 0.2) is 17.3 Å². The molecular weight excluding hydrogens is 388 g/mol. The number of hydrogen-bond donors (Lipinski definition) is 2. The normalized spacial score (nSPS) is 14.6. The zero-order valence-electron chi connectivity index (χ0n) is 17.8. The minimum absolute atomic E-state index is 0.268. The lowest BCUT2D eigenvalue weighted by Gasteiger charge is -2.33. The van der Waals surface area contributed by atoms with E-state index in [2.05, 4.69) is 27.3 Å². The van der Waals surface area contributed by atoms with Crippen molar-refractivity contribution in [3.05, 3.63) is 22.5 Å². The number of hydrogen-bond acceptors (Lipinski definition) is 7. The molecule has 164 valence electrons. The summed E-state index contributed by atoms with van der Waals surface area (Å²) in [6.07, 6.45) is 3.34. The highest BCUT2D eigenvalue weighted by Crippen LogP contribution is 2.35. The summed E-state index contributed by atoms with van der Waals surface area (Å²) in [7, 11) is 3.11. The van der Waals surface area contributed by atoms with Gasteiger partial charge in [0.1, 0.15) is 0 Å². The van der Waals surface area contributed by atoms with Crippen molar-refractivity contribution >= 4 is 22.7 Å².